The Balaban J connectivity index is 0. The van der Waals surface area contributed by atoms with Gasteiger partial charge in [-0.1, -0.05) is 0 Å². The van der Waals surface area contributed by atoms with Crippen molar-refractivity contribution in [3.63, 3.8) is 0 Å². The Bertz CT molecular complexity index is 206. The first kappa shape index (κ1) is 17.0. The van der Waals surface area contributed by atoms with E-state index in [1.54, 1.807) is 0 Å². The molecule has 0 aliphatic rings. The summed E-state index contributed by atoms with van der Waals surface area (Å²) in [6, 6.07) is 0. The molecule has 0 spiro atoms. The number of hydrogen-bond acceptors (Lipinski definition) is 6. The molecule has 0 amide bonds. The molecule has 3 atom stereocenters. The average Bonchev–Trinajstić information content (AvgIpc) is 2.12. The van der Waals surface area contributed by atoms with Crippen molar-refractivity contribution >= 4 is 11.8 Å². The van der Waals surface area contributed by atoms with Crippen molar-refractivity contribution in [2.45, 2.75) is 18.3 Å². The van der Waals surface area contributed by atoms with Crippen molar-refractivity contribution in [1.82, 2.24) is 0 Å². The van der Waals surface area contributed by atoms with Crippen molar-refractivity contribution < 1.29 is 86.5 Å². The van der Waals surface area contributed by atoms with Crippen LogP contribution in [0.4, 0.5) is 0 Å². The molecule has 0 aliphatic heterocycles. The summed E-state index contributed by atoms with van der Waals surface area (Å²) in [5.74, 6) is -2.93. The quantitative estimate of drug-likeness (QED) is 0.298. The second-order valence-corrected chi connectivity index (χ2v) is 2.34. The minimum absolute atomic E-state index is 0. The predicted molar refractivity (Wildman–Crippen MR) is 37.7 cm³/mol. The van der Waals surface area contributed by atoms with Crippen LogP contribution in [0.5, 0.6) is 0 Å². The van der Waals surface area contributed by atoms with Crippen LogP contribution >= 0.6 is 0 Å². The van der Waals surface area contributed by atoms with Gasteiger partial charge >= 0.3 is 57.4 Å². The van der Waals surface area contributed by atoms with Crippen molar-refractivity contribution in [3.8, 4) is 0 Å². The Morgan fingerprint density at radius 1 is 1.07 bits per heavy atom. The van der Waals surface area contributed by atoms with Crippen LogP contribution in [0.25, 0.3) is 0 Å². The number of aliphatic hydroxyl groups is 4. The molecule has 3 unspecified atom stereocenters. The maximum Gasteiger partial charge on any atom is 1.00 e. The molecule has 14 heavy (non-hydrogen) atoms. The molecule has 0 aromatic carbocycles. The van der Waals surface area contributed by atoms with Crippen LogP contribution in [0.15, 0.2) is 0 Å². The molecular formula is C6H10KO7+. The third kappa shape index (κ3) is 4.91. The maximum atomic E-state index is 10.5. The van der Waals surface area contributed by atoms with E-state index >= 15 is 0 Å². The van der Waals surface area contributed by atoms with Gasteiger partial charge in [-0.25, -0.2) is 4.79 Å². The molecule has 8 heteroatoms. The van der Waals surface area contributed by atoms with Crippen molar-refractivity contribution in [2.75, 3.05) is 6.61 Å². The zero-order chi connectivity index (χ0) is 10.6. The number of hydrogen-bond donors (Lipinski definition) is 5. The zero-order valence-electron chi connectivity index (χ0n) is 7.49. The Hall–Kier alpha value is 0.616. The summed E-state index contributed by atoms with van der Waals surface area (Å²) in [5, 5.41) is 42.7. The van der Waals surface area contributed by atoms with Gasteiger partial charge in [0, 0.05) is 0 Å². The summed E-state index contributed by atoms with van der Waals surface area (Å²) in [5.41, 5.74) is 0. The number of carbonyl (C=O) groups is 2. The first-order valence-corrected chi connectivity index (χ1v) is 3.32. The molecule has 0 aromatic rings. The number of carbonyl (C=O) groups excluding carboxylic acids is 1. The molecule has 0 aromatic heterocycles. The largest absolute Gasteiger partial charge is 1.00 e. The number of carboxylic acids is 1. The standard InChI is InChI=1S/C6H10O7.K/c7-1-2(8)3(9)4(10)5(11)6(12)13;/h3-5,7,9-11H,1H2,(H,12,13);/q;+1. The van der Waals surface area contributed by atoms with Crippen molar-refractivity contribution in [3.05, 3.63) is 0 Å². The fourth-order valence-corrected chi connectivity index (χ4v) is 0.603. The average molecular weight is 233 g/mol. The molecule has 5 N–H and O–H groups in total. The maximum absolute atomic E-state index is 10.5. The van der Waals surface area contributed by atoms with Crippen molar-refractivity contribution in [1.29, 1.82) is 0 Å². The molecule has 76 valence electrons. The number of carboxylic acid groups (broad SMARTS) is 1. The topological polar surface area (TPSA) is 135 Å². The summed E-state index contributed by atoms with van der Waals surface area (Å²) in [4.78, 5) is 20.6. The van der Waals surface area contributed by atoms with Crippen LogP contribution in [-0.2, 0) is 9.59 Å². The van der Waals surface area contributed by atoms with Gasteiger partial charge in [-0.15, -0.1) is 0 Å². The van der Waals surface area contributed by atoms with Gasteiger partial charge in [0.15, 0.2) is 11.9 Å². The number of Topliss-reactive ketones (excluding diaryl/α,β-unsaturated/α-hetero) is 1. The van der Waals surface area contributed by atoms with Crippen LogP contribution < -0.4 is 51.4 Å². The first-order chi connectivity index (χ1) is 5.91. The smallest absolute Gasteiger partial charge is 0.479 e. The van der Waals surface area contributed by atoms with Gasteiger partial charge in [0.2, 0.25) is 0 Å². The Labute approximate surface area is 122 Å². The summed E-state index contributed by atoms with van der Waals surface area (Å²) in [7, 11) is 0. The summed E-state index contributed by atoms with van der Waals surface area (Å²) in [6.07, 6.45) is -6.50. The molecule has 0 aliphatic carbocycles. The van der Waals surface area contributed by atoms with E-state index in [1.165, 1.54) is 0 Å². The van der Waals surface area contributed by atoms with E-state index in [1.807, 2.05) is 0 Å². The van der Waals surface area contributed by atoms with E-state index in [9.17, 15) is 9.59 Å². The molecule has 0 saturated carbocycles. The van der Waals surface area contributed by atoms with E-state index in [0.29, 0.717) is 0 Å². The van der Waals surface area contributed by atoms with E-state index < -0.39 is 36.7 Å². The monoisotopic (exact) mass is 233 g/mol. The van der Waals surface area contributed by atoms with E-state index in [2.05, 4.69) is 0 Å². The Morgan fingerprint density at radius 2 is 1.50 bits per heavy atom. The fraction of sp³-hybridized carbons (Fsp3) is 0.667. The molecule has 0 heterocycles. The molecule has 0 fully saturated rings. The van der Waals surface area contributed by atoms with Gasteiger partial charge in [-0.3, -0.25) is 4.79 Å². The minimum Gasteiger partial charge on any atom is -0.479 e. The fourth-order valence-electron chi connectivity index (χ4n) is 0.603. The molecule has 0 radical (unpaired) electrons. The van der Waals surface area contributed by atoms with Crippen LogP contribution in [0, 0.1) is 0 Å². The van der Waals surface area contributed by atoms with Crippen LogP contribution in [0.3, 0.4) is 0 Å². The predicted octanol–water partition coefficient (Wildman–Crippen LogP) is -6.28. The summed E-state index contributed by atoms with van der Waals surface area (Å²) < 4.78 is 0. The van der Waals surface area contributed by atoms with Crippen LogP contribution in [0.2, 0.25) is 0 Å². The number of rotatable bonds is 5. The number of ketones is 1. The Morgan fingerprint density at radius 3 is 1.79 bits per heavy atom. The summed E-state index contributed by atoms with van der Waals surface area (Å²) in [6.45, 7) is -1.04. The van der Waals surface area contributed by atoms with Crippen LogP contribution in [-0.4, -0.2) is 62.2 Å². The number of aliphatic hydroxyl groups excluding tert-OH is 4. The molecule has 0 rings (SSSR count). The SMILES string of the molecule is O=C(O)C(O)C(O)C(O)C(=O)CO.[K+]. The minimum atomic E-state index is -2.26. The van der Waals surface area contributed by atoms with Gasteiger partial charge in [0.1, 0.15) is 18.8 Å². The third-order valence-electron chi connectivity index (χ3n) is 1.39. The van der Waals surface area contributed by atoms with Gasteiger partial charge in [-0.05, 0) is 0 Å². The normalized spacial score (nSPS) is 16.3. The first-order valence-electron chi connectivity index (χ1n) is 3.32. The van der Waals surface area contributed by atoms with Crippen LogP contribution in [0.1, 0.15) is 0 Å². The summed E-state index contributed by atoms with van der Waals surface area (Å²) >= 11 is 0. The third-order valence-corrected chi connectivity index (χ3v) is 1.39. The van der Waals surface area contributed by atoms with E-state index in [0.717, 1.165) is 0 Å². The number of aliphatic carboxylic acids is 1. The van der Waals surface area contributed by atoms with Gasteiger partial charge in [-0.2, -0.15) is 0 Å². The molecule has 7 nitrogen and oxygen atoms in total. The van der Waals surface area contributed by atoms with Crippen molar-refractivity contribution in [2.24, 2.45) is 0 Å². The Kier molecular flexibility index (Phi) is 9.55. The van der Waals surface area contributed by atoms with Gasteiger partial charge < -0.3 is 25.5 Å². The van der Waals surface area contributed by atoms with E-state index in [4.69, 9.17) is 25.5 Å². The molecule has 0 saturated heterocycles. The van der Waals surface area contributed by atoms with Gasteiger partial charge in [0.25, 0.3) is 0 Å². The zero-order valence-corrected chi connectivity index (χ0v) is 10.6. The molecular weight excluding hydrogens is 223 g/mol. The second-order valence-electron chi connectivity index (χ2n) is 2.34. The molecule has 0 bridgehead atoms. The van der Waals surface area contributed by atoms with Gasteiger partial charge in [0.05, 0.1) is 0 Å². The second kappa shape index (κ2) is 7.85. The van der Waals surface area contributed by atoms with E-state index in [-0.39, 0.29) is 51.4 Å².